The molecule has 1 saturated heterocycles. The van der Waals surface area contributed by atoms with Gasteiger partial charge in [-0.15, -0.1) is 0 Å². The fraction of sp³-hybridized carbons (Fsp3) is 0.269. The van der Waals surface area contributed by atoms with Gasteiger partial charge in [-0.1, -0.05) is 54.6 Å². The second kappa shape index (κ2) is 10.1. The standard InChI is InChI=1S/C26H28N4O2S2/c31-34(32,20-22-6-2-1-3-7-22)28-23-12-10-21(11-13-23)14-15-29-16-18-30(19-17-29)26-24-8-4-5-9-25(24)33-27-26/h1-13,28H,14-20H2. The summed E-state index contributed by atoms with van der Waals surface area (Å²) in [6.45, 7) is 4.99. The molecule has 34 heavy (non-hydrogen) atoms. The SMILES string of the molecule is O=S(=O)(Cc1ccccc1)Nc1ccc(CCN2CCN(c3nsc4ccccc34)CC2)cc1. The number of benzene rings is 3. The average molecular weight is 493 g/mol. The maximum atomic E-state index is 12.4. The minimum Gasteiger partial charge on any atom is -0.353 e. The Labute approximate surface area is 205 Å². The van der Waals surface area contributed by atoms with Crippen LogP contribution in [0.2, 0.25) is 0 Å². The number of nitrogens with one attached hydrogen (secondary N) is 1. The monoisotopic (exact) mass is 492 g/mol. The number of sulfonamides is 1. The summed E-state index contributed by atoms with van der Waals surface area (Å²) in [5, 5.41) is 1.25. The van der Waals surface area contributed by atoms with Crippen molar-refractivity contribution in [2.45, 2.75) is 12.2 Å². The first-order chi connectivity index (χ1) is 16.6. The molecule has 3 aromatic carbocycles. The highest BCUT2D eigenvalue weighted by Crippen LogP contribution is 2.29. The lowest BCUT2D eigenvalue weighted by Crippen LogP contribution is -2.47. The van der Waals surface area contributed by atoms with Crippen LogP contribution < -0.4 is 9.62 Å². The van der Waals surface area contributed by atoms with E-state index in [0.717, 1.165) is 50.5 Å². The van der Waals surface area contributed by atoms with Gasteiger partial charge < -0.3 is 4.90 Å². The molecule has 0 saturated carbocycles. The number of hydrogen-bond acceptors (Lipinski definition) is 6. The van der Waals surface area contributed by atoms with Gasteiger partial charge in [-0.05, 0) is 53.3 Å². The van der Waals surface area contributed by atoms with E-state index in [2.05, 4.69) is 38.8 Å². The van der Waals surface area contributed by atoms with Crippen molar-refractivity contribution in [1.82, 2.24) is 9.27 Å². The lowest BCUT2D eigenvalue weighted by molar-refractivity contribution is 0.261. The minimum absolute atomic E-state index is 0.0295. The smallest absolute Gasteiger partial charge is 0.236 e. The fourth-order valence-corrected chi connectivity index (χ4v) is 6.31. The van der Waals surface area contributed by atoms with Gasteiger partial charge in [0.15, 0.2) is 0 Å². The second-order valence-corrected chi connectivity index (χ2v) is 11.2. The zero-order chi connectivity index (χ0) is 23.4. The van der Waals surface area contributed by atoms with Crippen LogP contribution in [0.15, 0.2) is 78.9 Å². The number of nitrogens with zero attached hydrogens (tertiary/aromatic N) is 3. The van der Waals surface area contributed by atoms with E-state index in [1.807, 2.05) is 54.6 Å². The molecule has 0 aliphatic carbocycles. The first-order valence-electron chi connectivity index (χ1n) is 11.5. The second-order valence-electron chi connectivity index (χ2n) is 8.62. The quantitative estimate of drug-likeness (QED) is 0.389. The molecule has 0 amide bonds. The van der Waals surface area contributed by atoms with Gasteiger partial charge in [0, 0.05) is 43.8 Å². The summed E-state index contributed by atoms with van der Waals surface area (Å²) in [5.41, 5.74) is 2.58. The van der Waals surface area contributed by atoms with Crippen LogP contribution in [-0.4, -0.2) is 50.4 Å². The molecule has 176 valence electrons. The largest absolute Gasteiger partial charge is 0.353 e. The van der Waals surface area contributed by atoms with Crippen LogP contribution in [0.25, 0.3) is 10.1 Å². The topological polar surface area (TPSA) is 65.5 Å². The molecule has 0 bridgehead atoms. The molecule has 1 fully saturated rings. The van der Waals surface area contributed by atoms with Gasteiger partial charge in [0.05, 0.1) is 10.5 Å². The van der Waals surface area contributed by atoms with E-state index in [-0.39, 0.29) is 5.75 Å². The molecule has 2 heterocycles. The third-order valence-electron chi connectivity index (χ3n) is 6.17. The zero-order valence-electron chi connectivity index (χ0n) is 18.9. The van der Waals surface area contributed by atoms with Gasteiger partial charge in [0.2, 0.25) is 10.0 Å². The molecule has 1 aromatic heterocycles. The predicted octanol–water partition coefficient (Wildman–Crippen LogP) is 4.60. The molecular weight excluding hydrogens is 464 g/mol. The van der Waals surface area contributed by atoms with Crippen LogP contribution in [0, 0.1) is 0 Å². The van der Waals surface area contributed by atoms with Gasteiger partial charge >= 0.3 is 0 Å². The van der Waals surface area contributed by atoms with Gasteiger partial charge in [0.25, 0.3) is 0 Å². The van der Waals surface area contributed by atoms with Gasteiger partial charge in [-0.3, -0.25) is 9.62 Å². The maximum absolute atomic E-state index is 12.4. The normalized spacial score (nSPS) is 15.0. The lowest BCUT2D eigenvalue weighted by atomic mass is 10.1. The molecule has 0 spiro atoms. The van der Waals surface area contributed by atoms with Crippen molar-refractivity contribution in [2.75, 3.05) is 42.3 Å². The average Bonchev–Trinajstić information content (AvgIpc) is 3.28. The molecule has 8 heteroatoms. The van der Waals surface area contributed by atoms with E-state index < -0.39 is 10.0 Å². The molecule has 4 aromatic rings. The highest BCUT2D eigenvalue weighted by Gasteiger charge is 2.20. The molecule has 1 aliphatic rings. The summed E-state index contributed by atoms with van der Waals surface area (Å²) in [5.74, 6) is 1.09. The van der Waals surface area contributed by atoms with Crippen LogP contribution >= 0.6 is 11.5 Å². The molecule has 0 radical (unpaired) electrons. The Hall–Kier alpha value is -2.94. The highest BCUT2D eigenvalue weighted by atomic mass is 32.2. The van der Waals surface area contributed by atoms with E-state index in [1.54, 1.807) is 11.5 Å². The molecule has 1 aliphatic heterocycles. The van der Waals surface area contributed by atoms with Crippen LogP contribution in [0.5, 0.6) is 0 Å². The van der Waals surface area contributed by atoms with Crippen LogP contribution in [0.1, 0.15) is 11.1 Å². The third kappa shape index (κ3) is 5.58. The van der Waals surface area contributed by atoms with Crippen LogP contribution in [0.4, 0.5) is 11.5 Å². The van der Waals surface area contributed by atoms with Crippen molar-refractivity contribution in [2.24, 2.45) is 0 Å². The Morgan fingerprint density at radius 1 is 0.824 bits per heavy atom. The zero-order valence-corrected chi connectivity index (χ0v) is 20.6. The van der Waals surface area contributed by atoms with E-state index in [1.165, 1.54) is 15.6 Å². The molecule has 0 unspecified atom stereocenters. The maximum Gasteiger partial charge on any atom is 0.236 e. The molecule has 6 nitrogen and oxygen atoms in total. The van der Waals surface area contributed by atoms with Crippen LogP contribution in [0.3, 0.4) is 0 Å². The Bertz CT molecular complexity index is 1330. The van der Waals surface area contributed by atoms with E-state index >= 15 is 0 Å². The highest BCUT2D eigenvalue weighted by molar-refractivity contribution is 7.91. The van der Waals surface area contributed by atoms with Gasteiger partial charge in [-0.2, -0.15) is 4.37 Å². The van der Waals surface area contributed by atoms with Crippen molar-refractivity contribution in [3.63, 3.8) is 0 Å². The number of hydrogen-bond donors (Lipinski definition) is 1. The van der Waals surface area contributed by atoms with Crippen molar-refractivity contribution < 1.29 is 8.42 Å². The van der Waals surface area contributed by atoms with E-state index in [9.17, 15) is 8.42 Å². The summed E-state index contributed by atoms with van der Waals surface area (Å²) in [4.78, 5) is 4.88. The molecular formula is C26H28N4O2S2. The van der Waals surface area contributed by atoms with Gasteiger partial charge in [0.1, 0.15) is 5.82 Å². The summed E-state index contributed by atoms with van der Waals surface area (Å²) in [7, 11) is -3.43. The summed E-state index contributed by atoms with van der Waals surface area (Å²) >= 11 is 1.57. The summed E-state index contributed by atoms with van der Waals surface area (Å²) in [6, 6.07) is 25.4. The number of rotatable bonds is 8. The van der Waals surface area contributed by atoms with Crippen molar-refractivity contribution in [3.8, 4) is 0 Å². The Balaban J connectivity index is 1.10. The van der Waals surface area contributed by atoms with Crippen molar-refractivity contribution in [3.05, 3.63) is 90.0 Å². The number of aromatic nitrogens is 1. The van der Waals surface area contributed by atoms with E-state index in [0.29, 0.717) is 5.69 Å². The fourth-order valence-electron chi connectivity index (χ4n) is 4.32. The van der Waals surface area contributed by atoms with Crippen molar-refractivity contribution in [1.29, 1.82) is 0 Å². The summed E-state index contributed by atoms with van der Waals surface area (Å²) < 4.78 is 33.5. The van der Waals surface area contributed by atoms with Crippen molar-refractivity contribution >= 4 is 43.1 Å². The number of fused-ring (bicyclic) bond motifs is 1. The number of anilines is 2. The molecule has 0 atom stereocenters. The predicted molar refractivity (Wildman–Crippen MR) is 141 cm³/mol. The summed E-state index contributed by atoms with van der Waals surface area (Å²) in [6.07, 6.45) is 0.941. The van der Waals surface area contributed by atoms with Crippen LogP contribution in [-0.2, 0) is 22.2 Å². The number of piperazine rings is 1. The first-order valence-corrected chi connectivity index (χ1v) is 13.9. The Kier molecular flexibility index (Phi) is 6.80. The van der Waals surface area contributed by atoms with E-state index in [4.69, 9.17) is 4.37 Å². The minimum atomic E-state index is -3.43. The Morgan fingerprint density at radius 3 is 2.29 bits per heavy atom. The van der Waals surface area contributed by atoms with Gasteiger partial charge in [-0.25, -0.2) is 8.42 Å². The molecule has 1 N–H and O–H groups in total. The Morgan fingerprint density at radius 2 is 1.53 bits per heavy atom. The lowest BCUT2D eigenvalue weighted by Gasteiger charge is -2.35. The molecule has 5 rings (SSSR count). The first kappa shape index (κ1) is 22.8. The third-order valence-corrected chi connectivity index (χ3v) is 8.25.